The summed E-state index contributed by atoms with van der Waals surface area (Å²) >= 11 is 5.44. The van der Waals surface area contributed by atoms with Crippen LogP contribution in [0.3, 0.4) is 0 Å². The molecule has 2 aliphatic heterocycles. The third kappa shape index (κ3) is 3.25. The van der Waals surface area contributed by atoms with Crippen molar-refractivity contribution in [2.45, 2.75) is 52.7 Å². The van der Waals surface area contributed by atoms with Crippen molar-refractivity contribution in [1.29, 1.82) is 0 Å². The number of hydrogen-bond acceptors (Lipinski definition) is 4. The highest BCUT2D eigenvalue weighted by Crippen LogP contribution is 2.28. The highest BCUT2D eigenvalue weighted by molar-refractivity contribution is 6.07. The normalized spacial score (nSPS) is 22.2. The van der Waals surface area contributed by atoms with E-state index in [1.165, 1.54) is 0 Å². The second-order valence-electron chi connectivity index (χ2n) is 7.03. The van der Waals surface area contributed by atoms with Gasteiger partial charge in [-0.1, -0.05) is 13.8 Å². The Morgan fingerprint density at radius 1 is 1.39 bits per heavy atom. The second kappa shape index (κ2) is 6.79. The summed E-state index contributed by atoms with van der Waals surface area (Å²) in [6.07, 6.45) is 1.78. The van der Waals surface area contributed by atoms with E-state index in [2.05, 4.69) is 25.7 Å². The number of rotatable bonds is 4. The largest absolute Gasteiger partial charge is 0.337 e. The number of carbonyl (C=O) groups is 1. The molecule has 0 spiro atoms. The number of hydrogen-bond donors (Lipinski definition) is 0. The maximum Gasteiger partial charge on any atom is 0.272 e. The summed E-state index contributed by atoms with van der Waals surface area (Å²) in [5.74, 6) is 0.580. The molecule has 0 unspecified atom stereocenters. The highest BCUT2D eigenvalue weighted by Gasteiger charge is 2.34. The molecule has 0 bridgehead atoms. The van der Waals surface area contributed by atoms with Gasteiger partial charge in [0.15, 0.2) is 0 Å². The van der Waals surface area contributed by atoms with Crippen LogP contribution in [0, 0.1) is 5.92 Å². The number of halogens is 1. The van der Waals surface area contributed by atoms with Crippen LogP contribution in [0.5, 0.6) is 0 Å². The second-order valence-corrected chi connectivity index (χ2v) is 7.25. The zero-order valence-corrected chi connectivity index (χ0v) is 14.8. The molecule has 1 aromatic rings. The molecule has 1 atom stereocenters. The lowest BCUT2D eigenvalue weighted by molar-refractivity contribution is 0.0712. The van der Waals surface area contributed by atoms with Gasteiger partial charge in [-0.25, -0.2) is 0 Å². The Bertz CT molecular complexity index is 587. The fourth-order valence-corrected chi connectivity index (χ4v) is 3.69. The van der Waals surface area contributed by atoms with Gasteiger partial charge < -0.3 is 4.90 Å². The Hall–Kier alpha value is -1.11. The summed E-state index contributed by atoms with van der Waals surface area (Å²) in [4.78, 5) is 17.2. The molecule has 6 nitrogen and oxygen atoms in total. The van der Waals surface area contributed by atoms with Crippen LogP contribution in [0.25, 0.3) is 0 Å². The molecular formula is C16H25ClN4O2. The lowest BCUT2D eigenvalue weighted by Gasteiger charge is -2.32. The summed E-state index contributed by atoms with van der Waals surface area (Å²) in [6.45, 7) is 9.86. The van der Waals surface area contributed by atoms with Crippen molar-refractivity contribution in [3.8, 4) is 0 Å². The summed E-state index contributed by atoms with van der Waals surface area (Å²) < 4.78 is 6.71. The van der Waals surface area contributed by atoms with Gasteiger partial charge in [0.25, 0.3) is 5.91 Å². The minimum atomic E-state index is 0.117. The van der Waals surface area contributed by atoms with Crippen molar-refractivity contribution in [2.75, 3.05) is 19.8 Å². The number of carbonyl (C=O) groups excluding carboxylic acids is 1. The van der Waals surface area contributed by atoms with Crippen molar-refractivity contribution < 1.29 is 9.08 Å². The van der Waals surface area contributed by atoms with Crippen LogP contribution in [0.15, 0.2) is 0 Å². The van der Waals surface area contributed by atoms with Crippen LogP contribution < -0.4 is 0 Å². The van der Waals surface area contributed by atoms with Crippen LogP contribution >= 0.6 is 11.9 Å². The maximum absolute atomic E-state index is 13.0. The van der Waals surface area contributed by atoms with E-state index >= 15 is 0 Å². The Morgan fingerprint density at radius 3 is 2.87 bits per heavy atom. The van der Waals surface area contributed by atoms with Crippen LogP contribution in [-0.4, -0.2) is 51.3 Å². The quantitative estimate of drug-likeness (QED) is 0.843. The first-order chi connectivity index (χ1) is 11.0. The maximum atomic E-state index is 13.0. The highest BCUT2D eigenvalue weighted by atomic mass is 35.5. The smallest absolute Gasteiger partial charge is 0.272 e. The number of aryl methyl sites for hydroxylation is 1. The zero-order chi connectivity index (χ0) is 16.6. The van der Waals surface area contributed by atoms with Crippen molar-refractivity contribution in [1.82, 2.24) is 19.6 Å². The van der Waals surface area contributed by atoms with E-state index in [1.54, 1.807) is 0 Å². The molecule has 2 aliphatic rings. The van der Waals surface area contributed by atoms with Crippen molar-refractivity contribution in [2.24, 2.45) is 5.92 Å². The monoisotopic (exact) mass is 340 g/mol. The predicted molar refractivity (Wildman–Crippen MR) is 88.1 cm³/mol. The number of fused-ring (bicyclic) bond motifs is 3. The van der Waals surface area contributed by atoms with Gasteiger partial charge in [0.05, 0.1) is 17.6 Å². The molecule has 3 rings (SSSR count). The number of nitrogens with zero attached hydrogens (tertiary/aromatic N) is 4. The molecule has 1 amide bonds. The van der Waals surface area contributed by atoms with Gasteiger partial charge >= 0.3 is 0 Å². The van der Waals surface area contributed by atoms with Crippen molar-refractivity contribution in [3.63, 3.8) is 0 Å². The Labute approximate surface area is 142 Å². The first-order valence-corrected chi connectivity index (χ1v) is 8.67. The molecule has 0 aliphatic carbocycles. The molecule has 23 heavy (non-hydrogen) atoms. The summed E-state index contributed by atoms with van der Waals surface area (Å²) in [5.41, 5.74) is 2.88. The minimum Gasteiger partial charge on any atom is -0.337 e. The van der Waals surface area contributed by atoms with E-state index in [0.717, 1.165) is 49.4 Å². The lowest BCUT2D eigenvalue weighted by atomic mass is 9.99. The Morgan fingerprint density at radius 2 is 2.17 bits per heavy atom. The van der Waals surface area contributed by atoms with Gasteiger partial charge in [0.2, 0.25) is 0 Å². The molecule has 0 aromatic carbocycles. The summed E-state index contributed by atoms with van der Waals surface area (Å²) in [5, 5.41) is 4.73. The van der Waals surface area contributed by atoms with Crippen LogP contribution in [0.4, 0.5) is 0 Å². The van der Waals surface area contributed by atoms with E-state index in [-0.39, 0.29) is 5.91 Å². The van der Waals surface area contributed by atoms with Gasteiger partial charge in [0.1, 0.15) is 12.4 Å². The Balaban J connectivity index is 1.93. The number of aromatic nitrogens is 2. The molecule has 7 heteroatoms. The van der Waals surface area contributed by atoms with E-state index in [9.17, 15) is 4.79 Å². The third-order valence-corrected chi connectivity index (χ3v) is 4.79. The molecule has 3 heterocycles. The SMILES string of the molecule is CC(C)CN1CCCn2nc3c(c2C1=O)CN(COCl)[C@H](C)C3. The molecule has 1 aromatic heterocycles. The van der Waals surface area contributed by atoms with Crippen molar-refractivity contribution >= 4 is 17.8 Å². The summed E-state index contributed by atoms with van der Waals surface area (Å²) in [7, 11) is 0. The van der Waals surface area contributed by atoms with Gasteiger partial charge in [-0.3, -0.25) is 18.7 Å². The first kappa shape index (κ1) is 16.7. The zero-order valence-electron chi connectivity index (χ0n) is 14.1. The van der Waals surface area contributed by atoms with Crippen LogP contribution in [0.2, 0.25) is 0 Å². The molecule has 0 radical (unpaired) electrons. The molecule has 0 saturated heterocycles. The Kier molecular flexibility index (Phi) is 4.94. The lowest BCUT2D eigenvalue weighted by Crippen LogP contribution is -2.40. The van der Waals surface area contributed by atoms with E-state index in [1.807, 2.05) is 9.58 Å². The minimum absolute atomic E-state index is 0.117. The predicted octanol–water partition coefficient (Wildman–Crippen LogP) is 2.26. The molecule has 0 N–H and O–H groups in total. The van der Waals surface area contributed by atoms with Crippen molar-refractivity contribution in [3.05, 3.63) is 17.0 Å². The first-order valence-electron chi connectivity index (χ1n) is 8.36. The van der Waals surface area contributed by atoms with E-state index in [4.69, 9.17) is 21.3 Å². The fourth-order valence-electron chi connectivity index (χ4n) is 3.56. The average Bonchev–Trinajstić information content (AvgIpc) is 2.75. The van der Waals surface area contributed by atoms with Gasteiger partial charge in [-0.2, -0.15) is 5.10 Å². The van der Waals surface area contributed by atoms with E-state index in [0.29, 0.717) is 25.2 Å². The topological polar surface area (TPSA) is 50.6 Å². The van der Waals surface area contributed by atoms with Crippen LogP contribution in [0.1, 0.15) is 48.9 Å². The fraction of sp³-hybridized carbons (Fsp3) is 0.750. The van der Waals surface area contributed by atoms with Gasteiger partial charge in [-0.15, -0.1) is 0 Å². The standard InChI is InChI=1S/C16H25ClN4O2/c1-11(2)8-19-5-4-6-21-15(16(19)22)13-9-20(10-23-17)12(3)7-14(13)18-21/h11-12H,4-10H2,1-3H3/t12-/m1/s1. The third-order valence-electron chi connectivity index (χ3n) is 4.69. The molecule has 128 valence electrons. The van der Waals surface area contributed by atoms with E-state index < -0.39 is 0 Å². The molecular weight excluding hydrogens is 316 g/mol. The van der Waals surface area contributed by atoms with Crippen LogP contribution in [-0.2, 0) is 23.8 Å². The van der Waals surface area contributed by atoms with Gasteiger partial charge in [0, 0.05) is 44.2 Å². The molecule has 0 fully saturated rings. The summed E-state index contributed by atoms with van der Waals surface area (Å²) in [6, 6.07) is 0.308. The molecule has 0 saturated carbocycles. The van der Waals surface area contributed by atoms with Gasteiger partial charge in [-0.05, 0) is 19.3 Å². The number of amides is 1. The average molecular weight is 341 g/mol.